The number of halogens is 5. The summed E-state index contributed by atoms with van der Waals surface area (Å²) in [5.41, 5.74) is -1.36. The summed E-state index contributed by atoms with van der Waals surface area (Å²) in [7, 11) is 0. The second-order valence-corrected chi connectivity index (χ2v) is 4.46. The number of rotatable bonds is 0. The standard InChI is InChI=1S/C10H4BrClF3NO/c11-6-4-2-1-3-5(12)7(4)16-9(8(6)17)10(13,14)15/h1-3,17H. The molecule has 2 aromatic rings. The van der Waals surface area contributed by atoms with E-state index in [9.17, 15) is 18.3 Å². The molecule has 1 N–H and O–H groups in total. The third kappa shape index (κ3) is 2.07. The van der Waals surface area contributed by atoms with Crippen molar-refractivity contribution in [2.45, 2.75) is 6.18 Å². The molecule has 0 saturated heterocycles. The summed E-state index contributed by atoms with van der Waals surface area (Å²) in [6, 6.07) is 4.50. The minimum Gasteiger partial charge on any atom is -0.505 e. The zero-order valence-corrected chi connectivity index (χ0v) is 10.4. The van der Waals surface area contributed by atoms with Crippen LogP contribution in [0.4, 0.5) is 13.2 Å². The highest BCUT2D eigenvalue weighted by molar-refractivity contribution is 9.10. The van der Waals surface area contributed by atoms with Crippen LogP contribution in [0.3, 0.4) is 0 Å². The van der Waals surface area contributed by atoms with E-state index >= 15 is 0 Å². The first-order valence-corrected chi connectivity index (χ1v) is 5.53. The van der Waals surface area contributed by atoms with Gasteiger partial charge in [0.1, 0.15) is 0 Å². The van der Waals surface area contributed by atoms with Gasteiger partial charge in [0, 0.05) is 5.39 Å². The van der Waals surface area contributed by atoms with E-state index in [1.54, 1.807) is 6.07 Å². The Hall–Kier alpha value is -1.01. The maximum absolute atomic E-state index is 12.6. The largest absolute Gasteiger partial charge is 0.505 e. The topological polar surface area (TPSA) is 33.1 Å². The Morgan fingerprint density at radius 1 is 1.29 bits per heavy atom. The van der Waals surface area contributed by atoms with Gasteiger partial charge in [-0.05, 0) is 22.0 Å². The minimum absolute atomic E-state index is 0.00818. The van der Waals surface area contributed by atoms with Crippen LogP contribution in [0.15, 0.2) is 22.7 Å². The predicted molar refractivity (Wildman–Crippen MR) is 61.1 cm³/mol. The molecule has 0 bridgehead atoms. The molecule has 90 valence electrons. The van der Waals surface area contributed by atoms with Crippen LogP contribution in [0.25, 0.3) is 10.9 Å². The van der Waals surface area contributed by atoms with Crippen LogP contribution in [-0.4, -0.2) is 10.1 Å². The number of nitrogens with zero attached hydrogens (tertiary/aromatic N) is 1. The average Bonchev–Trinajstić information content (AvgIpc) is 2.22. The first-order valence-electron chi connectivity index (χ1n) is 4.36. The third-order valence-electron chi connectivity index (χ3n) is 2.15. The molecule has 0 saturated carbocycles. The van der Waals surface area contributed by atoms with Crippen LogP contribution in [0.2, 0.25) is 5.02 Å². The Labute approximate surface area is 107 Å². The minimum atomic E-state index is -4.74. The molecule has 2 nitrogen and oxygen atoms in total. The summed E-state index contributed by atoms with van der Waals surface area (Å²) in [5, 5.41) is 9.86. The number of aromatic hydroxyl groups is 1. The Bertz CT molecular complexity index is 600. The highest BCUT2D eigenvalue weighted by Crippen LogP contribution is 2.42. The monoisotopic (exact) mass is 325 g/mol. The summed E-state index contributed by atoms with van der Waals surface area (Å²) in [6.45, 7) is 0. The molecular weight excluding hydrogens is 322 g/mol. The number of hydrogen-bond acceptors (Lipinski definition) is 2. The molecule has 0 aliphatic carbocycles. The molecule has 0 aliphatic rings. The molecule has 0 unspecified atom stereocenters. The van der Waals surface area contributed by atoms with Gasteiger partial charge in [0.15, 0.2) is 11.4 Å². The number of para-hydroxylation sites is 1. The summed E-state index contributed by atoms with van der Waals surface area (Å²) >= 11 is 8.68. The first kappa shape index (κ1) is 12.4. The summed E-state index contributed by atoms with van der Waals surface area (Å²) in [5.74, 6) is -0.938. The molecule has 0 aliphatic heterocycles. The highest BCUT2D eigenvalue weighted by atomic mass is 79.9. The van der Waals surface area contributed by atoms with Crippen molar-refractivity contribution >= 4 is 38.4 Å². The van der Waals surface area contributed by atoms with Gasteiger partial charge in [-0.1, -0.05) is 23.7 Å². The van der Waals surface area contributed by atoms with E-state index in [2.05, 4.69) is 20.9 Å². The second-order valence-electron chi connectivity index (χ2n) is 3.26. The number of hydrogen-bond donors (Lipinski definition) is 1. The fourth-order valence-electron chi connectivity index (χ4n) is 1.40. The van der Waals surface area contributed by atoms with Gasteiger partial charge in [0.25, 0.3) is 0 Å². The molecular formula is C10H4BrClF3NO. The van der Waals surface area contributed by atoms with Crippen molar-refractivity contribution in [3.05, 3.63) is 33.4 Å². The van der Waals surface area contributed by atoms with E-state index in [4.69, 9.17) is 11.6 Å². The molecule has 1 heterocycles. The van der Waals surface area contributed by atoms with E-state index in [0.29, 0.717) is 5.39 Å². The lowest BCUT2D eigenvalue weighted by Crippen LogP contribution is -2.09. The van der Waals surface area contributed by atoms with Crippen molar-refractivity contribution in [3.8, 4) is 5.75 Å². The SMILES string of the molecule is Oc1c(C(F)(F)F)nc2c(Cl)cccc2c1Br. The average molecular weight is 326 g/mol. The van der Waals surface area contributed by atoms with E-state index in [-0.39, 0.29) is 15.0 Å². The van der Waals surface area contributed by atoms with E-state index in [0.717, 1.165) is 0 Å². The van der Waals surface area contributed by atoms with Crippen molar-refractivity contribution in [2.75, 3.05) is 0 Å². The van der Waals surface area contributed by atoms with Gasteiger partial charge < -0.3 is 5.11 Å². The fraction of sp³-hybridized carbons (Fsp3) is 0.100. The predicted octanol–water partition coefficient (Wildman–Crippen LogP) is 4.38. The number of benzene rings is 1. The Morgan fingerprint density at radius 3 is 2.53 bits per heavy atom. The van der Waals surface area contributed by atoms with Gasteiger partial charge in [0.2, 0.25) is 0 Å². The van der Waals surface area contributed by atoms with Crippen molar-refractivity contribution in [2.24, 2.45) is 0 Å². The fourth-order valence-corrected chi connectivity index (χ4v) is 2.12. The molecule has 2 rings (SSSR count). The summed E-state index contributed by atoms with van der Waals surface area (Å²) < 4.78 is 37.7. The van der Waals surface area contributed by atoms with Crippen LogP contribution in [-0.2, 0) is 6.18 Å². The molecule has 0 atom stereocenters. The van der Waals surface area contributed by atoms with Gasteiger partial charge in [-0.25, -0.2) is 4.98 Å². The Morgan fingerprint density at radius 2 is 1.94 bits per heavy atom. The van der Waals surface area contributed by atoms with E-state index < -0.39 is 17.6 Å². The van der Waals surface area contributed by atoms with Crippen LogP contribution < -0.4 is 0 Å². The maximum Gasteiger partial charge on any atom is 0.437 e. The smallest absolute Gasteiger partial charge is 0.437 e. The van der Waals surface area contributed by atoms with Gasteiger partial charge >= 0.3 is 6.18 Å². The molecule has 0 fully saturated rings. The lowest BCUT2D eigenvalue weighted by Gasteiger charge is -2.12. The molecule has 17 heavy (non-hydrogen) atoms. The van der Waals surface area contributed by atoms with Crippen molar-refractivity contribution in [3.63, 3.8) is 0 Å². The number of pyridine rings is 1. The van der Waals surface area contributed by atoms with E-state index in [1.165, 1.54) is 12.1 Å². The number of alkyl halides is 3. The Balaban J connectivity index is 2.91. The van der Waals surface area contributed by atoms with Crippen molar-refractivity contribution in [1.82, 2.24) is 4.98 Å². The normalized spacial score (nSPS) is 12.1. The Kier molecular flexibility index (Phi) is 2.95. The van der Waals surface area contributed by atoms with Gasteiger partial charge in [0.05, 0.1) is 15.0 Å². The lowest BCUT2D eigenvalue weighted by atomic mass is 10.2. The molecule has 7 heteroatoms. The second kappa shape index (κ2) is 4.03. The lowest BCUT2D eigenvalue weighted by molar-refractivity contribution is -0.142. The van der Waals surface area contributed by atoms with Crippen molar-refractivity contribution in [1.29, 1.82) is 0 Å². The van der Waals surface area contributed by atoms with Crippen molar-refractivity contribution < 1.29 is 18.3 Å². The molecule has 0 amide bonds. The molecule has 0 radical (unpaired) electrons. The van der Waals surface area contributed by atoms with Gasteiger partial charge in [-0.3, -0.25) is 0 Å². The van der Waals surface area contributed by atoms with Gasteiger partial charge in [-0.2, -0.15) is 13.2 Å². The van der Waals surface area contributed by atoms with Crippen LogP contribution in [0.5, 0.6) is 5.75 Å². The summed E-state index contributed by atoms with van der Waals surface area (Å²) in [6.07, 6.45) is -4.74. The number of fused-ring (bicyclic) bond motifs is 1. The zero-order valence-electron chi connectivity index (χ0n) is 8.02. The molecule has 1 aromatic heterocycles. The molecule has 0 spiro atoms. The number of aromatic nitrogens is 1. The van der Waals surface area contributed by atoms with E-state index in [1.807, 2.05) is 0 Å². The maximum atomic E-state index is 12.6. The third-order valence-corrected chi connectivity index (χ3v) is 3.26. The highest BCUT2D eigenvalue weighted by Gasteiger charge is 2.37. The first-order chi connectivity index (χ1) is 7.82. The van der Waals surface area contributed by atoms with Crippen LogP contribution in [0.1, 0.15) is 5.69 Å². The zero-order chi connectivity index (χ0) is 12.8. The molecule has 1 aromatic carbocycles. The quantitative estimate of drug-likeness (QED) is 0.779. The van der Waals surface area contributed by atoms with Crippen LogP contribution in [0, 0.1) is 0 Å². The van der Waals surface area contributed by atoms with Crippen LogP contribution >= 0.6 is 27.5 Å². The summed E-state index contributed by atoms with van der Waals surface area (Å²) in [4.78, 5) is 3.37. The van der Waals surface area contributed by atoms with Gasteiger partial charge in [-0.15, -0.1) is 0 Å².